The summed E-state index contributed by atoms with van der Waals surface area (Å²) in [6.07, 6.45) is -4.51. The molecule has 3 rings (SSSR count). The number of carbonyl (C=O) groups is 2. The van der Waals surface area contributed by atoms with Gasteiger partial charge in [0.05, 0.1) is 5.56 Å². The molecule has 0 unspecified atom stereocenters. The highest BCUT2D eigenvalue weighted by Gasteiger charge is 2.30. The first-order chi connectivity index (χ1) is 14.7. The van der Waals surface area contributed by atoms with Gasteiger partial charge in [-0.1, -0.05) is 6.07 Å². The minimum atomic E-state index is -4.51. The van der Waals surface area contributed by atoms with Gasteiger partial charge in [0, 0.05) is 16.9 Å². The number of benzene rings is 3. The lowest BCUT2D eigenvalue weighted by Crippen LogP contribution is -2.20. The predicted octanol–water partition coefficient (Wildman–Crippen LogP) is 5.11. The molecule has 0 fully saturated rings. The third-order valence-corrected chi connectivity index (χ3v) is 4.06. The highest BCUT2D eigenvalue weighted by molar-refractivity contribution is 6.04. The first-order valence-electron chi connectivity index (χ1n) is 8.97. The monoisotopic (exact) mass is 432 g/mol. The molecule has 0 radical (unpaired) electrons. The molecule has 3 aromatic carbocycles. The Balaban J connectivity index is 1.52. The summed E-state index contributed by atoms with van der Waals surface area (Å²) in [6, 6.07) is 15.4. The van der Waals surface area contributed by atoms with Crippen molar-refractivity contribution in [1.82, 2.24) is 0 Å². The number of amides is 2. The quantitative estimate of drug-likeness (QED) is 0.532. The van der Waals surface area contributed by atoms with E-state index in [1.807, 2.05) is 0 Å². The van der Waals surface area contributed by atoms with Crippen molar-refractivity contribution in [1.29, 1.82) is 0 Å². The summed E-state index contributed by atoms with van der Waals surface area (Å²) >= 11 is 0. The van der Waals surface area contributed by atoms with Crippen LogP contribution < -0.4 is 15.4 Å². The molecule has 0 aliphatic carbocycles. The van der Waals surface area contributed by atoms with Crippen LogP contribution in [-0.2, 0) is 11.0 Å². The Morgan fingerprint density at radius 2 is 1.52 bits per heavy atom. The van der Waals surface area contributed by atoms with Crippen LogP contribution in [0.2, 0.25) is 0 Å². The number of halogens is 4. The van der Waals surface area contributed by atoms with Crippen molar-refractivity contribution in [2.24, 2.45) is 0 Å². The van der Waals surface area contributed by atoms with E-state index in [1.54, 1.807) is 0 Å². The van der Waals surface area contributed by atoms with E-state index in [0.717, 1.165) is 12.1 Å². The number of carbonyl (C=O) groups excluding carboxylic acids is 2. The van der Waals surface area contributed by atoms with Crippen LogP contribution in [0, 0.1) is 5.82 Å². The van der Waals surface area contributed by atoms with E-state index in [-0.39, 0.29) is 11.4 Å². The number of anilines is 2. The van der Waals surface area contributed by atoms with Crippen LogP contribution in [0.3, 0.4) is 0 Å². The highest BCUT2D eigenvalue weighted by atomic mass is 19.4. The third-order valence-electron chi connectivity index (χ3n) is 4.06. The standard InChI is InChI=1S/C22H16F4N2O3/c23-16-6-8-17(9-7-16)28-21(30)14-4-10-19(11-5-14)31-13-20(29)27-18-3-1-2-15(12-18)22(24,25)26/h1-12H,13H2,(H,27,29)(H,28,30). The van der Waals surface area contributed by atoms with Gasteiger partial charge in [-0.25, -0.2) is 4.39 Å². The Labute approximate surface area is 174 Å². The van der Waals surface area contributed by atoms with Crippen molar-refractivity contribution >= 4 is 23.2 Å². The molecule has 0 spiro atoms. The molecule has 0 aliphatic heterocycles. The van der Waals surface area contributed by atoms with E-state index >= 15 is 0 Å². The van der Waals surface area contributed by atoms with Gasteiger partial charge in [-0.15, -0.1) is 0 Å². The topological polar surface area (TPSA) is 67.4 Å². The molecule has 160 valence electrons. The molecule has 3 aromatic rings. The van der Waals surface area contributed by atoms with Crippen LogP contribution in [0.25, 0.3) is 0 Å². The minimum absolute atomic E-state index is 0.00348. The van der Waals surface area contributed by atoms with Gasteiger partial charge in [-0.05, 0) is 66.7 Å². The largest absolute Gasteiger partial charge is 0.484 e. The summed E-state index contributed by atoms with van der Waals surface area (Å²) in [5.74, 6) is -1.19. The van der Waals surface area contributed by atoms with Gasteiger partial charge < -0.3 is 15.4 Å². The molecule has 0 atom stereocenters. The highest BCUT2D eigenvalue weighted by Crippen LogP contribution is 2.30. The van der Waals surface area contributed by atoms with Gasteiger partial charge in [0.1, 0.15) is 11.6 Å². The van der Waals surface area contributed by atoms with Gasteiger partial charge in [0.25, 0.3) is 11.8 Å². The Morgan fingerprint density at radius 1 is 0.839 bits per heavy atom. The lowest BCUT2D eigenvalue weighted by molar-refractivity contribution is -0.137. The molecular formula is C22H16F4N2O3. The van der Waals surface area contributed by atoms with Crippen molar-refractivity contribution in [3.8, 4) is 5.75 Å². The van der Waals surface area contributed by atoms with Crippen molar-refractivity contribution in [2.45, 2.75) is 6.18 Å². The summed E-state index contributed by atoms with van der Waals surface area (Å²) in [4.78, 5) is 24.1. The molecule has 2 amide bonds. The SMILES string of the molecule is O=C(COc1ccc(C(=O)Nc2ccc(F)cc2)cc1)Nc1cccc(C(F)(F)F)c1. The Kier molecular flexibility index (Phi) is 6.54. The van der Waals surface area contributed by atoms with E-state index in [9.17, 15) is 27.2 Å². The lowest BCUT2D eigenvalue weighted by atomic mass is 10.2. The average Bonchev–Trinajstić information content (AvgIpc) is 2.74. The van der Waals surface area contributed by atoms with Crippen LogP contribution >= 0.6 is 0 Å². The number of ether oxygens (including phenoxy) is 1. The zero-order valence-corrected chi connectivity index (χ0v) is 15.9. The van der Waals surface area contributed by atoms with Gasteiger partial charge >= 0.3 is 6.18 Å². The summed E-state index contributed by atoms with van der Waals surface area (Å²) in [5, 5.41) is 4.94. The van der Waals surface area contributed by atoms with E-state index in [0.29, 0.717) is 11.3 Å². The average molecular weight is 432 g/mol. The Morgan fingerprint density at radius 3 is 2.16 bits per heavy atom. The fraction of sp³-hybridized carbons (Fsp3) is 0.0909. The fourth-order valence-corrected chi connectivity index (χ4v) is 2.56. The van der Waals surface area contributed by atoms with Crippen LogP contribution in [0.4, 0.5) is 28.9 Å². The fourth-order valence-electron chi connectivity index (χ4n) is 2.56. The molecule has 2 N–H and O–H groups in total. The van der Waals surface area contributed by atoms with Crippen molar-refractivity contribution in [3.05, 3.63) is 89.7 Å². The summed E-state index contributed by atoms with van der Waals surface area (Å²) in [7, 11) is 0. The smallest absolute Gasteiger partial charge is 0.416 e. The Hall–Kier alpha value is -3.88. The van der Waals surface area contributed by atoms with E-state index in [2.05, 4.69) is 10.6 Å². The molecule has 0 aromatic heterocycles. The predicted molar refractivity (Wildman–Crippen MR) is 106 cm³/mol. The van der Waals surface area contributed by atoms with E-state index in [1.165, 1.54) is 60.7 Å². The number of hydrogen-bond donors (Lipinski definition) is 2. The maximum atomic E-state index is 12.9. The molecule has 5 nitrogen and oxygen atoms in total. The number of hydrogen-bond acceptors (Lipinski definition) is 3. The Bertz CT molecular complexity index is 1070. The second kappa shape index (κ2) is 9.29. The maximum absolute atomic E-state index is 12.9. The molecule has 0 saturated heterocycles. The first kappa shape index (κ1) is 21.8. The number of rotatable bonds is 6. The van der Waals surface area contributed by atoms with E-state index < -0.39 is 36.0 Å². The molecule has 0 saturated carbocycles. The van der Waals surface area contributed by atoms with Gasteiger partial charge in [-0.2, -0.15) is 13.2 Å². The van der Waals surface area contributed by atoms with Crippen molar-refractivity contribution in [3.63, 3.8) is 0 Å². The van der Waals surface area contributed by atoms with Gasteiger partial charge in [-0.3, -0.25) is 9.59 Å². The lowest BCUT2D eigenvalue weighted by Gasteiger charge is -2.11. The van der Waals surface area contributed by atoms with Crippen molar-refractivity contribution < 1.29 is 31.9 Å². The molecule has 0 heterocycles. The van der Waals surface area contributed by atoms with Gasteiger partial charge in [0.15, 0.2) is 6.61 Å². The summed E-state index contributed by atoms with van der Waals surface area (Å²) in [5.41, 5.74) is -0.139. The zero-order valence-electron chi connectivity index (χ0n) is 15.9. The van der Waals surface area contributed by atoms with Crippen LogP contribution in [0.1, 0.15) is 15.9 Å². The normalized spacial score (nSPS) is 11.0. The minimum Gasteiger partial charge on any atom is -0.484 e. The molecular weight excluding hydrogens is 416 g/mol. The van der Waals surface area contributed by atoms with Crippen LogP contribution in [0.5, 0.6) is 5.75 Å². The second-order valence-electron chi connectivity index (χ2n) is 6.40. The van der Waals surface area contributed by atoms with Crippen LogP contribution in [-0.4, -0.2) is 18.4 Å². The molecule has 9 heteroatoms. The molecule has 0 bridgehead atoms. The molecule has 31 heavy (non-hydrogen) atoms. The van der Waals surface area contributed by atoms with Crippen LogP contribution in [0.15, 0.2) is 72.8 Å². The first-order valence-corrected chi connectivity index (χ1v) is 8.97. The van der Waals surface area contributed by atoms with E-state index in [4.69, 9.17) is 4.74 Å². The number of nitrogens with one attached hydrogen (secondary N) is 2. The second-order valence-corrected chi connectivity index (χ2v) is 6.40. The van der Waals surface area contributed by atoms with Gasteiger partial charge in [0.2, 0.25) is 0 Å². The summed E-state index contributed by atoms with van der Waals surface area (Å²) in [6.45, 7) is -0.433. The van der Waals surface area contributed by atoms with Crippen molar-refractivity contribution in [2.75, 3.05) is 17.2 Å². The third kappa shape index (κ3) is 6.30. The molecule has 0 aliphatic rings. The maximum Gasteiger partial charge on any atom is 0.416 e. The number of alkyl halides is 3. The summed E-state index contributed by atoms with van der Waals surface area (Å²) < 4.78 is 56.4. The zero-order chi connectivity index (χ0) is 22.4.